The van der Waals surface area contributed by atoms with Gasteiger partial charge in [-0.1, -0.05) is 20.3 Å². The van der Waals surface area contributed by atoms with Gasteiger partial charge in [0.05, 0.1) is 12.6 Å². The summed E-state index contributed by atoms with van der Waals surface area (Å²) in [5, 5.41) is 15.9. The Morgan fingerprint density at radius 3 is 2.12 bits per heavy atom. The predicted molar refractivity (Wildman–Crippen MR) is 95.9 cm³/mol. The molecule has 0 fully saturated rings. The quantitative estimate of drug-likeness (QED) is 0.221. The molecule has 8 N–H and O–H groups in total. The summed E-state index contributed by atoms with van der Waals surface area (Å²) in [6, 6.07) is -2.66. The normalized spacial score (nSPS) is 14.2. The number of hydrogen-bond acceptors (Lipinski definition) is 6. The van der Waals surface area contributed by atoms with Gasteiger partial charge < -0.3 is 32.5 Å². The van der Waals surface area contributed by atoms with E-state index in [4.69, 9.17) is 16.6 Å². The summed E-state index contributed by atoms with van der Waals surface area (Å²) in [6.45, 7) is 4.94. The Labute approximate surface area is 153 Å². The number of amides is 3. The molecule has 0 aliphatic heterocycles. The van der Waals surface area contributed by atoms with E-state index in [1.165, 1.54) is 6.92 Å². The van der Waals surface area contributed by atoms with Crippen LogP contribution in [0.5, 0.6) is 0 Å². The maximum atomic E-state index is 12.2. The van der Waals surface area contributed by atoms with Gasteiger partial charge in [0, 0.05) is 0 Å². The highest BCUT2D eigenvalue weighted by Gasteiger charge is 2.26. The third-order valence-electron chi connectivity index (χ3n) is 3.72. The fourth-order valence-corrected chi connectivity index (χ4v) is 2.07. The molecular weight excluding hydrogens is 342 g/mol. The molecule has 26 heavy (non-hydrogen) atoms. The van der Waals surface area contributed by atoms with Crippen molar-refractivity contribution in [2.45, 2.75) is 58.2 Å². The van der Waals surface area contributed by atoms with Gasteiger partial charge in [0.1, 0.15) is 12.1 Å². The van der Waals surface area contributed by atoms with Crippen molar-refractivity contribution >= 4 is 23.7 Å². The molecule has 0 saturated carbocycles. The molecule has 0 aromatic carbocycles. The molecule has 0 aliphatic carbocycles. The second-order valence-corrected chi connectivity index (χ2v) is 6.47. The highest BCUT2D eigenvalue weighted by molar-refractivity contribution is 5.92. The molecule has 3 amide bonds. The number of carbonyl (C=O) groups excluding carboxylic acids is 3. The predicted octanol–water partition coefficient (Wildman–Crippen LogP) is -1.71. The number of carboxylic acids is 1. The van der Waals surface area contributed by atoms with Crippen LogP contribution < -0.4 is 27.4 Å². The first-order valence-corrected chi connectivity index (χ1v) is 8.66. The third kappa shape index (κ3) is 9.33. The monoisotopic (exact) mass is 373 g/mol. The first-order chi connectivity index (χ1) is 12.1. The summed E-state index contributed by atoms with van der Waals surface area (Å²) < 4.78 is 0. The van der Waals surface area contributed by atoms with Gasteiger partial charge in [-0.15, -0.1) is 0 Å². The standard InChI is InChI=1S/C16H31N5O5/c1-9(2)13(21-14(23)11(18)6-4-5-7-17)15(24)19-8-12(22)20-10(3)16(25)26/h9-11,13H,4-8,17-18H2,1-3H3,(H,19,24)(H,20,22)(H,21,23)(H,25,26)/t10-,11-,13-/m0/s1. The number of nitrogens with two attached hydrogens (primary N) is 2. The van der Waals surface area contributed by atoms with Crippen molar-refractivity contribution in [2.24, 2.45) is 17.4 Å². The number of nitrogens with one attached hydrogen (secondary N) is 3. The van der Waals surface area contributed by atoms with Crippen molar-refractivity contribution in [1.29, 1.82) is 0 Å². The molecule has 0 radical (unpaired) electrons. The van der Waals surface area contributed by atoms with E-state index in [2.05, 4.69) is 16.0 Å². The summed E-state index contributed by atoms with van der Waals surface area (Å²) in [7, 11) is 0. The van der Waals surface area contributed by atoms with Crippen LogP contribution in [-0.2, 0) is 19.2 Å². The van der Waals surface area contributed by atoms with Crippen molar-refractivity contribution in [2.75, 3.05) is 13.1 Å². The number of hydrogen-bond donors (Lipinski definition) is 6. The van der Waals surface area contributed by atoms with E-state index in [0.717, 1.165) is 6.42 Å². The summed E-state index contributed by atoms with van der Waals surface area (Å²) in [4.78, 5) is 46.7. The van der Waals surface area contributed by atoms with Crippen LogP contribution >= 0.6 is 0 Å². The minimum Gasteiger partial charge on any atom is -0.480 e. The average Bonchev–Trinajstić information content (AvgIpc) is 2.56. The zero-order valence-electron chi connectivity index (χ0n) is 15.6. The molecular formula is C16H31N5O5. The molecule has 0 aromatic rings. The molecule has 150 valence electrons. The SMILES string of the molecule is CC(C)[C@H](NC(=O)[C@@H](N)CCCCN)C(=O)NCC(=O)N[C@@H](C)C(=O)O. The zero-order chi connectivity index (χ0) is 20.3. The average molecular weight is 373 g/mol. The second-order valence-electron chi connectivity index (χ2n) is 6.47. The molecule has 0 spiro atoms. The van der Waals surface area contributed by atoms with Crippen LogP contribution in [0.4, 0.5) is 0 Å². The Bertz CT molecular complexity index is 497. The molecule has 10 nitrogen and oxygen atoms in total. The van der Waals surface area contributed by atoms with Gasteiger partial charge in [0.15, 0.2) is 0 Å². The van der Waals surface area contributed by atoms with Crippen LogP contribution in [0.1, 0.15) is 40.0 Å². The van der Waals surface area contributed by atoms with Gasteiger partial charge in [0.2, 0.25) is 17.7 Å². The topological polar surface area (TPSA) is 177 Å². The van der Waals surface area contributed by atoms with E-state index in [-0.39, 0.29) is 5.92 Å². The zero-order valence-corrected chi connectivity index (χ0v) is 15.6. The van der Waals surface area contributed by atoms with E-state index in [0.29, 0.717) is 19.4 Å². The fourth-order valence-electron chi connectivity index (χ4n) is 2.07. The molecule has 0 aromatic heterocycles. The largest absolute Gasteiger partial charge is 0.480 e. The van der Waals surface area contributed by atoms with Crippen LogP contribution in [0.25, 0.3) is 0 Å². The summed E-state index contributed by atoms with van der Waals surface area (Å²) >= 11 is 0. The summed E-state index contributed by atoms with van der Waals surface area (Å²) in [6.07, 6.45) is 1.94. The van der Waals surface area contributed by atoms with Crippen molar-refractivity contribution < 1.29 is 24.3 Å². The highest BCUT2D eigenvalue weighted by Crippen LogP contribution is 2.04. The van der Waals surface area contributed by atoms with Crippen molar-refractivity contribution in [3.63, 3.8) is 0 Å². The van der Waals surface area contributed by atoms with Gasteiger partial charge in [-0.25, -0.2) is 0 Å². The van der Waals surface area contributed by atoms with Crippen LogP contribution in [0.15, 0.2) is 0 Å². The highest BCUT2D eigenvalue weighted by atomic mass is 16.4. The van der Waals surface area contributed by atoms with Gasteiger partial charge in [0.25, 0.3) is 0 Å². The Kier molecular flexibility index (Phi) is 11.2. The van der Waals surface area contributed by atoms with E-state index < -0.39 is 48.4 Å². The van der Waals surface area contributed by atoms with Crippen LogP contribution in [0.2, 0.25) is 0 Å². The van der Waals surface area contributed by atoms with Crippen LogP contribution in [0.3, 0.4) is 0 Å². The first kappa shape index (κ1) is 23.8. The second kappa shape index (κ2) is 12.2. The van der Waals surface area contributed by atoms with Gasteiger partial charge in [-0.05, 0) is 32.2 Å². The summed E-state index contributed by atoms with van der Waals surface area (Å²) in [5.74, 6) is -3.03. The number of carboxylic acid groups (broad SMARTS) is 1. The van der Waals surface area contributed by atoms with Crippen LogP contribution in [0, 0.1) is 5.92 Å². The lowest BCUT2D eigenvalue weighted by atomic mass is 10.0. The molecule has 0 saturated heterocycles. The smallest absolute Gasteiger partial charge is 0.325 e. The molecule has 10 heteroatoms. The molecule has 0 unspecified atom stereocenters. The Balaban J connectivity index is 4.55. The summed E-state index contributed by atoms with van der Waals surface area (Å²) in [5.41, 5.74) is 11.2. The molecule has 0 aliphatic rings. The van der Waals surface area contributed by atoms with Crippen molar-refractivity contribution in [1.82, 2.24) is 16.0 Å². The van der Waals surface area contributed by atoms with Crippen molar-refractivity contribution in [3.05, 3.63) is 0 Å². The first-order valence-electron chi connectivity index (χ1n) is 8.66. The maximum absolute atomic E-state index is 12.2. The molecule has 0 rings (SSSR count). The Morgan fingerprint density at radius 1 is 1.00 bits per heavy atom. The lowest BCUT2D eigenvalue weighted by Crippen LogP contribution is -2.55. The maximum Gasteiger partial charge on any atom is 0.325 e. The Morgan fingerprint density at radius 2 is 1.62 bits per heavy atom. The lowest BCUT2D eigenvalue weighted by molar-refractivity contribution is -0.141. The van der Waals surface area contributed by atoms with Crippen molar-refractivity contribution in [3.8, 4) is 0 Å². The Hall–Kier alpha value is -2.20. The number of carbonyl (C=O) groups is 4. The van der Waals surface area contributed by atoms with E-state index >= 15 is 0 Å². The van der Waals surface area contributed by atoms with E-state index in [9.17, 15) is 19.2 Å². The lowest BCUT2D eigenvalue weighted by Gasteiger charge is -2.23. The number of unbranched alkanes of at least 4 members (excludes halogenated alkanes) is 1. The van der Waals surface area contributed by atoms with E-state index in [1.807, 2.05) is 0 Å². The van der Waals surface area contributed by atoms with Gasteiger partial charge >= 0.3 is 5.97 Å². The minimum absolute atomic E-state index is 0.226. The van der Waals surface area contributed by atoms with Gasteiger partial charge in [-0.3, -0.25) is 19.2 Å². The fraction of sp³-hybridized carbons (Fsp3) is 0.750. The molecule has 3 atom stereocenters. The van der Waals surface area contributed by atoms with Crippen LogP contribution in [-0.4, -0.2) is 60.0 Å². The number of aliphatic carboxylic acids is 1. The number of rotatable bonds is 12. The van der Waals surface area contributed by atoms with Gasteiger partial charge in [-0.2, -0.15) is 0 Å². The molecule has 0 bridgehead atoms. The molecule has 0 heterocycles. The third-order valence-corrected chi connectivity index (χ3v) is 3.72. The van der Waals surface area contributed by atoms with E-state index in [1.54, 1.807) is 13.8 Å². The minimum atomic E-state index is -1.18.